The summed E-state index contributed by atoms with van der Waals surface area (Å²) in [6.45, 7) is 9.31. The van der Waals surface area contributed by atoms with E-state index in [9.17, 15) is 14.4 Å². The second-order valence-electron chi connectivity index (χ2n) is 7.37. The molecule has 1 N–H and O–H groups in total. The Hall–Kier alpha value is -3.37. The first-order valence-corrected chi connectivity index (χ1v) is 10.6. The molecule has 0 aliphatic carbocycles. The van der Waals surface area contributed by atoms with Crippen LogP contribution in [0.3, 0.4) is 0 Å². The Morgan fingerprint density at radius 3 is 2.50 bits per heavy atom. The number of aromatic nitrogens is 1. The van der Waals surface area contributed by atoms with Gasteiger partial charge in [0, 0.05) is 43.0 Å². The number of hydrogen-bond acceptors (Lipinski definition) is 4. The Bertz CT molecular complexity index is 1100. The summed E-state index contributed by atoms with van der Waals surface area (Å²) in [6.07, 6.45) is 1.37. The van der Waals surface area contributed by atoms with Crippen molar-refractivity contribution in [2.45, 2.75) is 46.8 Å². The topological polar surface area (TPSA) is 76.3 Å². The predicted octanol–water partition coefficient (Wildman–Crippen LogP) is 5.74. The maximum absolute atomic E-state index is 14.7. The van der Waals surface area contributed by atoms with Gasteiger partial charge in [-0.15, -0.1) is 0 Å². The first-order valence-electron chi connectivity index (χ1n) is 10.6. The van der Waals surface area contributed by atoms with Gasteiger partial charge in [-0.1, -0.05) is 6.92 Å². The van der Waals surface area contributed by atoms with Crippen molar-refractivity contribution in [3.63, 3.8) is 0 Å². The number of aryl methyl sites for hydroxylation is 1. The Balaban J connectivity index is 0.000000837. The van der Waals surface area contributed by atoms with Gasteiger partial charge in [0.2, 0.25) is 6.41 Å². The number of fused-ring (bicyclic) bond motifs is 1. The molecule has 0 spiro atoms. The van der Waals surface area contributed by atoms with Gasteiger partial charge in [-0.05, 0) is 57.5 Å². The van der Waals surface area contributed by atoms with Crippen molar-refractivity contribution >= 4 is 23.0 Å². The molecule has 0 unspecified atom stereocenters. The summed E-state index contributed by atoms with van der Waals surface area (Å²) in [5.41, 5.74) is 2.47. The molecule has 6 nitrogen and oxygen atoms in total. The second-order valence-corrected chi connectivity index (χ2v) is 7.37. The number of rotatable bonds is 8. The summed E-state index contributed by atoms with van der Waals surface area (Å²) < 4.78 is 27.0. The highest BCUT2D eigenvalue weighted by atomic mass is 19.1. The van der Waals surface area contributed by atoms with E-state index in [1.807, 2.05) is 50.5 Å². The highest BCUT2D eigenvalue weighted by molar-refractivity contribution is 5.96. The number of amides is 1. The maximum atomic E-state index is 14.7. The molecule has 0 saturated carbocycles. The summed E-state index contributed by atoms with van der Waals surface area (Å²) >= 11 is 0. The maximum Gasteiger partial charge on any atom is 0.211 e. The number of benzene rings is 2. The third-order valence-electron chi connectivity index (χ3n) is 4.70. The van der Waals surface area contributed by atoms with Gasteiger partial charge in [-0.3, -0.25) is 4.79 Å². The number of nitrogens with one attached hydrogen (secondary N) is 1. The zero-order chi connectivity index (χ0) is 23.7. The van der Waals surface area contributed by atoms with Crippen molar-refractivity contribution in [2.24, 2.45) is 0 Å². The van der Waals surface area contributed by atoms with Crippen LogP contribution in [0.4, 0.5) is 10.1 Å². The van der Waals surface area contributed by atoms with E-state index in [4.69, 9.17) is 4.74 Å². The SMILES string of the molecule is CCCn1c(-c2cc(NC=O)ccc2F)c(C#N)c2ccc(OC(C)C)cc21.CCOC. The molecular weight excluding hydrogens is 409 g/mol. The van der Waals surface area contributed by atoms with Crippen molar-refractivity contribution in [1.29, 1.82) is 5.26 Å². The van der Waals surface area contributed by atoms with Gasteiger partial charge in [0.1, 0.15) is 17.6 Å². The van der Waals surface area contributed by atoms with E-state index in [0.29, 0.717) is 35.6 Å². The van der Waals surface area contributed by atoms with Gasteiger partial charge >= 0.3 is 0 Å². The van der Waals surface area contributed by atoms with Gasteiger partial charge in [0.15, 0.2) is 0 Å². The molecule has 0 bridgehead atoms. The lowest BCUT2D eigenvalue weighted by Crippen LogP contribution is -2.06. The molecule has 0 atom stereocenters. The van der Waals surface area contributed by atoms with E-state index in [-0.39, 0.29) is 11.7 Å². The lowest BCUT2D eigenvalue weighted by molar-refractivity contribution is -0.105. The number of carbonyl (C=O) groups is 1. The van der Waals surface area contributed by atoms with E-state index in [0.717, 1.165) is 23.9 Å². The molecule has 0 radical (unpaired) electrons. The van der Waals surface area contributed by atoms with Crippen LogP contribution in [-0.2, 0) is 16.1 Å². The molecule has 1 amide bonds. The average molecular weight is 440 g/mol. The minimum atomic E-state index is -0.452. The fourth-order valence-corrected chi connectivity index (χ4v) is 3.39. The van der Waals surface area contributed by atoms with Crippen LogP contribution in [0.5, 0.6) is 5.75 Å². The van der Waals surface area contributed by atoms with E-state index < -0.39 is 5.82 Å². The molecule has 0 saturated heterocycles. The van der Waals surface area contributed by atoms with Crippen molar-refractivity contribution < 1.29 is 18.7 Å². The molecule has 1 aromatic heterocycles. The van der Waals surface area contributed by atoms with Gasteiger partial charge in [-0.2, -0.15) is 5.26 Å². The van der Waals surface area contributed by atoms with Gasteiger partial charge in [-0.25, -0.2) is 4.39 Å². The van der Waals surface area contributed by atoms with Crippen molar-refractivity contribution in [3.8, 4) is 23.1 Å². The number of ether oxygens (including phenoxy) is 2. The molecule has 2 aromatic carbocycles. The van der Waals surface area contributed by atoms with E-state index in [1.165, 1.54) is 12.1 Å². The molecular formula is C25H30FN3O3. The van der Waals surface area contributed by atoms with Crippen molar-refractivity contribution in [2.75, 3.05) is 19.0 Å². The lowest BCUT2D eigenvalue weighted by Gasteiger charge is -2.13. The molecule has 3 rings (SSSR count). The monoisotopic (exact) mass is 439 g/mol. The quantitative estimate of drug-likeness (QED) is 0.454. The second kappa shape index (κ2) is 11.9. The molecule has 7 heteroatoms. The molecule has 0 fully saturated rings. The number of nitrogens with zero attached hydrogens (tertiary/aromatic N) is 2. The van der Waals surface area contributed by atoms with E-state index in [2.05, 4.69) is 16.1 Å². The minimum Gasteiger partial charge on any atom is -0.491 e. The zero-order valence-corrected chi connectivity index (χ0v) is 19.2. The van der Waals surface area contributed by atoms with Crippen LogP contribution in [0.1, 0.15) is 39.7 Å². The van der Waals surface area contributed by atoms with Crippen LogP contribution < -0.4 is 10.1 Å². The van der Waals surface area contributed by atoms with Gasteiger partial charge in [0.05, 0.1) is 22.9 Å². The zero-order valence-electron chi connectivity index (χ0n) is 19.2. The molecule has 32 heavy (non-hydrogen) atoms. The minimum absolute atomic E-state index is 0.0190. The number of anilines is 1. The predicted molar refractivity (Wildman–Crippen MR) is 125 cm³/mol. The van der Waals surface area contributed by atoms with Gasteiger partial charge < -0.3 is 19.4 Å². The Kier molecular flexibility index (Phi) is 9.23. The molecule has 3 aromatic rings. The van der Waals surface area contributed by atoms with Crippen LogP contribution >= 0.6 is 0 Å². The van der Waals surface area contributed by atoms with Crippen molar-refractivity contribution in [1.82, 2.24) is 4.57 Å². The lowest BCUT2D eigenvalue weighted by atomic mass is 10.0. The smallest absolute Gasteiger partial charge is 0.211 e. The normalized spacial score (nSPS) is 10.4. The number of methoxy groups -OCH3 is 1. The highest BCUT2D eigenvalue weighted by Crippen LogP contribution is 2.37. The molecule has 0 aliphatic rings. The Morgan fingerprint density at radius 2 is 1.94 bits per heavy atom. The summed E-state index contributed by atoms with van der Waals surface area (Å²) in [5, 5.41) is 13.1. The van der Waals surface area contributed by atoms with Crippen LogP contribution in [-0.4, -0.2) is 30.8 Å². The number of hydrogen-bond donors (Lipinski definition) is 1. The number of nitriles is 1. The van der Waals surface area contributed by atoms with Crippen LogP contribution in [0.25, 0.3) is 22.2 Å². The average Bonchev–Trinajstić information content (AvgIpc) is 3.08. The largest absolute Gasteiger partial charge is 0.491 e. The van der Waals surface area contributed by atoms with E-state index in [1.54, 1.807) is 13.2 Å². The Morgan fingerprint density at radius 1 is 1.22 bits per heavy atom. The summed E-state index contributed by atoms with van der Waals surface area (Å²) in [4.78, 5) is 10.8. The molecule has 0 aliphatic heterocycles. The molecule has 170 valence electrons. The first kappa shape index (κ1) is 24.9. The standard InChI is InChI=1S/C22H22FN3O2.C3H8O/c1-4-9-26-21-11-16(28-14(2)3)6-7-17(21)19(12-24)22(26)18-10-15(25-13-27)5-8-20(18)23;1-3-4-2/h5-8,10-11,13-14H,4,9H2,1-3H3,(H,25,27);3H2,1-2H3. The highest BCUT2D eigenvalue weighted by Gasteiger charge is 2.22. The summed E-state index contributed by atoms with van der Waals surface area (Å²) in [7, 11) is 1.68. The third kappa shape index (κ3) is 5.65. The summed E-state index contributed by atoms with van der Waals surface area (Å²) in [5.74, 6) is 0.247. The number of carbonyl (C=O) groups excluding carboxylic acids is 1. The van der Waals surface area contributed by atoms with Crippen LogP contribution in [0.2, 0.25) is 0 Å². The fourth-order valence-electron chi connectivity index (χ4n) is 3.39. The van der Waals surface area contributed by atoms with Crippen molar-refractivity contribution in [3.05, 3.63) is 47.8 Å². The van der Waals surface area contributed by atoms with Crippen LogP contribution in [0.15, 0.2) is 36.4 Å². The Labute approximate surface area is 188 Å². The van der Waals surface area contributed by atoms with Gasteiger partial charge in [0.25, 0.3) is 0 Å². The summed E-state index contributed by atoms with van der Waals surface area (Å²) in [6, 6.07) is 12.1. The van der Waals surface area contributed by atoms with E-state index >= 15 is 0 Å². The first-order chi connectivity index (χ1) is 15.4. The fraction of sp³-hybridized carbons (Fsp3) is 0.360. The third-order valence-corrected chi connectivity index (χ3v) is 4.70. The molecule has 1 heterocycles. The van der Waals surface area contributed by atoms with Crippen LogP contribution in [0, 0.1) is 17.1 Å². The number of halogens is 1.